The maximum atomic E-state index is 12.6. The minimum Gasteiger partial charge on any atom is -0.489 e. The lowest BCUT2D eigenvalue weighted by Crippen LogP contribution is -2.36. The van der Waals surface area contributed by atoms with E-state index in [-0.39, 0.29) is 24.8 Å². The van der Waals surface area contributed by atoms with Crippen LogP contribution < -0.4 is 20.5 Å². The van der Waals surface area contributed by atoms with E-state index < -0.39 is 5.92 Å². The number of ether oxygens (including phenoxy) is 1. The monoisotopic (exact) mass is 547 g/mol. The van der Waals surface area contributed by atoms with Gasteiger partial charge in [0.05, 0.1) is 11.6 Å². The van der Waals surface area contributed by atoms with E-state index in [4.69, 9.17) is 27.9 Å². The molecule has 0 bridgehead atoms. The predicted octanol–water partition coefficient (Wildman–Crippen LogP) is 5.83. The molecule has 4 rings (SSSR count). The molecule has 6 nitrogen and oxygen atoms in total. The fraction of sp³-hybridized carbons (Fsp3) is 0.167. The Balaban J connectivity index is 1.31. The maximum Gasteiger partial charge on any atom is 0.243 e. The zero-order valence-corrected chi connectivity index (χ0v) is 20.5. The Morgan fingerprint density at radius 3 is 2.64 bits per heavy atom. The van der Waals surface area contributed by atoms with Gasteiger partial charge in [0.2, 0.25) is 11.8 Å². The average molecular weight is 549 g/mol. The van der Waals surface area contributed by atoms with E-state index >= 15 is 0 Å². The van der Waals surface area contributed by atoms with Gasteiger partial charge in [-0.2, -0.15) is 0 Å². The fourth-order valence-corrected chi connectivity index (χ4v) is 4.18. The van der Waals surface area contributed by atoms with E-state index in [1.807, 2.05) is 42.5 Å². The van der Waals surface area contributed by atoms with Gasteiger partial charge in [-0.05, 0) is 48.5 Å². The summed E-state index contributed by atoms with van der Waals surface area (Å²) in [7, 11) is 0. The first-order valence-electron chi connectivity index (χ1n) is 10.2. The third-order valence-corrected chi connectivity index (χ3v) is 6.32. The van der Waals surface area contributed by atoms with Crippen LogP contribution in [0.15, 0.2) is 71.2 Å². The van der Waals surface area contributed by atoms with Crippen molar-refractivity contribution in [3.63, 3.8) is 0 Å². The molecule has 3 aromatic rings. The third-order valence-electron chi connectivity index (χ3n) is 5.21. The average Bonchev–Trinajstić information content (AvgIpc) is 3.19. The molecule has 170 valence electrons. The molecule has 1 fully saturated rings. The van der Waals surface area contributed by atoms with Crippen LogP contribution >= 0.6 is 39.1 Å². The molecular formula is C24H20BrCl2N3O3. The summed E-state index contributed by atoms with van der Waals surface area (Å²) in [6.07, 6.45) is 0.161. The van der Waals surface area contributed by atoms with Gasteiger partial charge in [0.1, 0.15) is 12.4 Å². The van der Waals surface area contributed by atoms with Gasteiger partial charge in [-0.3, -0.25) is 20.4 Å². The quantitative estimate of drug-likeness (QED) is 0.364. The van der Waals surface area contributed by atoms with E-state index in [0.717, 1.165) is 15.7 Å². The zero-order chi connectivity index (χ0) is 23.4. The number of amides is 2. The van der Waals surface area contributed by atoms with Gasteiger partial charge >= 0.3 is 0 Å². The van der Waals surface area contributed by atoms with Crippen LogP contribution in [0, 0.1) is 5.92 Å². The van der Waals surface area contributed by atoms with Crippen LogP contribution in [0.1, 0.15) is 12.0 Å². The van der Waals surface area contributed by atoms with Gasteiger partial charge in [-0.25, -0.2) is 0 Å². The van der Waals surface area contributed by atoms with Crippen LogP contribution in [-0.4, -0.2) is 18.4 Å². The summed E-state index contributed by atoms with van der Waals surface area (Å²) in [6, 6.07) is 19.9. The van der Waals surface area contributed by atoms with Crippen LogP contribution in [0.25, 0.3) is 0 Å². The zero-order valence-electron chi connectivity index (χ0n) is 17.4. The maximum absolute atomic E-state index is 12.6. The highest BCUT2D eigenvalue weighted by Gasteiger charge is 2.35. The summed E-state index contributed by atoms with van der Waals surface area (Å²) < 4.78 is 6.74. The predicted molar refractivity (Wildman–Crippen MR) is 134 cm³/mol. The molecule has 1 aliphatic heterocycles. The summed E-state index contributed by atoms with van der Waals surface area (Å²) in [5, 5.41) is 1.10. The van der Waals surface area contributed by atoms with E-state index in [0.29, 0.717) is 28.0 Å². The Morgan fingerprint density at radius 1 is 1.09 bits per heavy atom. The first-order valence-corrected chi connectivity index (χ1v) is 11.7. The molecule has 1 aliphatic rings. The number of benzene rings is 3. The first kappa shape index (κ1) is 23.4. The Bertz CT molecular complexity index is 1170. The molecule has 2 N–H and O–H groups in total. The molecule has 2 amide bonds. The summed E-state index contributed by atoms with van der Waals surface area (Å²) >= 11 is 15.5. The Morgan fingerprint density at radius 2 is 1.88 bits per heavy atom. The summed E-state index contributed by atoms with van der Waals surface area (Å²) in [4.78, 5) is 26.7. The van der Waals surface area contributed by atoms with Crippen molar-refractivity contribution in [2.45, 2.75) is 13.0 Å². The van der Waals surface area contributed by atoms with Crippen LogP contribution in [0.5, 0.6) is 5.75 Å². The SMILES string of the molecule is O=C(NNc1cccc(OCc2ccc(Cl)cc2Cl)c1)[C@@H]1CC(=O)N(c2ccc(Br)cc2)C1. The standard InChI is InChI=1S/C24H20BrCl2N3O3/c25-17-5-8-20(9-6-17)30-13-16(10-23(30)31)24(32)29-28-19-2-1-3-21(12-19)33-14-15-4-7-18(26)11-22(15)27/h1-9,11-12,16,28H,10,13-14H2,(H,29,32)/t16-/m1/s1. The van der Waals surface area contributed by atoms with Gasteiger partial charge in [-0.1, -0.05) is 51.3 Å². The van der Waals surface area contributed by atoms with E-state index in [9.17, 15) is 9.59 Å². The molecule has 33 heavy (non-hydrogen) atoms. The molecule has 0 aliphatic carbocycles. The Labute approximate surface area is 209 Å². The van der Waals surface area contributed by atoms with Crippen LogP contribution in [0.3, 0.4) is 0 Å². The molecule has 0 radical (unpaired) electrons. The highest BCUT2D eigenvalue weighted by Crippen LogP contribution is 2.27. The highest BCUT2D eigenvalue weighted by molar-refractivity contribution is 9.10. The molecule has 3 aromatic carbocycles. The summed E-state index contributed by atoms with van der Waals surface area (Å²) in [5.41, 5.74) is 7.83. The largest absolute Gasteiger partial charge is 0.489 e. The lowest BCUT2D eigenvalue weighted by Gasteiger charge is -2.17. The van der Waals surface area contributed by atoms with Crippen molar-refractivity contribution in [1.29, 1.82) is 0 Å². The second kappa shape index (κ2) is 10.5. The van der Waals surface area contributed by atoms with Crippen molar-refractivity contribution >= 4 is 62.3 Å². The van der Waals surface area contributed by atoms with E-state index in [1.54, 1.807) is 29.2 Å². The number of nitrogens with one attached hydrogen (secondary N) is 2. The fourth-order valence-electron chi connectivity index (χ4n) is 3.45. The Hall–Kier alpha value is -2.74. The lowest BCUT2D eigenvalue weighted by molar-refractivity contribution is -0.125. The van der Waals surface area contributed by atoms with Crippen molar-refractivity contribution in [2.75, 3.05) is 16.9 Å². The Kier molecular flexibility index (Phi) is 7.42. The van der Waals surface area contributed by atoms with Crippen molar-refractivity contribution < 1.29 is 14.3 Å². The first-order chi connectivity index (χ1) is 15.9. The van der Waals surface area contributed by atoms with Crippen LogP contribution in [0.2, 0.25) is 10.0 Å². The molecule has 0 unspecified atom stereocenters. The molecule has 0 saturated carbocycles. The molecule has 1 saturated heterocycles. The number of hydrazine groups is 1. The van der Waals surface area contributed by atoms with Gasteiger partial charge in [0.25, 0.3) is 0 Å². The molecule has 0 aromatic heterocycles. The summed E-state index contributed by atoms with van der Waals surface area (Å²) in [6.45, 7) is 0.612. The number of carbonyl (C=O) groups is 2. The van der Waals surface area contributed by atoms with Gasteiger partial charge < -0.3 is 9.64 Å². The van der Waals surface area contributed by atoms with Crippen molar-refractivity contribution in [1.82, 2.24) is 5.43 Å². The number of hydrogen-bond acceptors (Lipinski definition) is 4. The second-order valence-corrected chi connectivity index (χ2v) is 9.31. The van der Waals surface area contributed by atoms with Gasteiger partial charge in [-0.15, -0.1) is 0 Å². The topological polar surface area (TPSA) is 70.7 Å². The molecule has 0 spiro atoms. The smallest absolute Gasteiger partial charge is 0.243 e. The summed E-state index contributed by atoms with van der Waals surface area (Å²) in [5.74, 6) is -0.159. The number of hydrogen-bond donors (Lipinski definition) is 2. The highest BCUT2D eigenvalue weighted by atomic mass is 79.9. The van der Waals surface area contributed by atoms with Crippen LogP contribution in [0.4, 0.5) is 11.4 Å². The normalized spacial score (nSPS) is 15.4. The van der Waals surface area contributed by atoms with Crippen molar-refractivity contribution in [3.8, 4) is 5.75 Å². The number of rotatable bonds is 7. The molecule has 1 atom stereocenters. The number of anilines is 2. The minimum atomic E-state index is -0.444. The minimum absolute atomic E-state index is 0.0752. The molecular weight excluding hydrogens is 529 g/mol. The van der Waals surface area contributed by atoms with E-state index in [1.165, 1.54) is 0 Å². The number of halogens is 3. The molecule has 9 heteroatoms. The second-order valence-electron chi connectivity index (χ2n) is 7.55. The molecule has 1 heterocycles. The van der Waals surface area contributed by atoms with Crippen molar-refractivity contribution in [3.05, 3.63) is 86.8 Å². The van der Waals surface area contributed by atoms with Gasteiger partial charge in [0.15, 0.2) is 0 Å². The van der Waals surface area contributed by atoms with Gasteiger partial charge in [0, 0.05) is 44.8 Å². The van der Waals surface area contributed by atoms with E-state index in [2.05, 4.69) is 26.8 Å². The third kappa shape index (κ3) is 5.99. The van der Waals surface area contributed by atoms with Crippen molar-refractivity contribution in [2.24, 2.45) is 5.92 Å². The number of carbonyl (C=O) groups excluding carboxylic acids is 2. The van der Waals surface area contributed by atoms with Crippen LogP contribution in [-0.2, 0) is 16.2 Å². The lowest BCUT2D eigenvalue weighted by atomic mass is 10.1. The number of nitrogens with zero attached hydrogens (tertiary/aromatic N) is 1.